The Morgan fingerprint density at radius 1 is 1.24 bits per heavy atom. The maximum Gasteiger partial charge on any atom is 0.146 e. The number of nitrogens with zero attached hydrogens (tertiary/aromatic N) is 1. The highest BCUT2D eigenvalue weighted by Gasteiger charge is 2.32. The van der Waals surface area contributed by atoms with Crippen molar-refractivity contribution in [2.75, 3.05) is 31.1 Å². The van der Waals surface area contributed by atoms with E-state index in [0.29, 0.717) is 0 Å². The highest BCUT2D eigenvalue weighted by molar-refractivity contribution is 5.64. The summed E-state index contributed by atoms with van der Waals surface area (Å²) < 4.78 is 6.12. The minimum atomic E-state index is -0.0491. The molecule has 1 fully saturated rings. The molecule has 2 aliphatic heterocycles. The average molecular weight is 232 g/mol. The molecular formula is C14H20N2O. The molecule has 3 heteroatoms. The maximum absolute atomic E-state index is 6.12. The van der Waals surface area contributed by atoms with E-state index < -0.39 is 0 Å². The molecule has 1 N–H and O–H groups in total. The first-order chi connectivity index (χ1) is 8.16. The summed E-state index contributed by atoms with van der Waals surface area (Å²) in [7, 11) is 0. The SMILES string of the molecule is CC1(C)Cc2cccc(N3CCNCC3)c2O1. The molecule has 0 aromatic heterocycles. The predicted octanol–water partition coefficient (Wildman–Crippen LogP) is 1.81. The van der Waals surface area contributed by atoms with Gasteiger partial charge in [-0.3, -0.25) is 0 Å². The second-order valence-corrected chi connectivity index (χ2v) is 5.54. The number of fused-ring (bicyclic) bond motifs is 1. The van der Waals surface area contributed by atoms with Crippen molar-refractivity contribution >= 4 is 5.69 Å². The molecule has 1 saturated heterocycles. The van der Waals surface area contributed by atoms with Crippen LogP contribution in [0.2, 0.25) is 0 Å². The molecule has 0 saturated carbocycles. The van der Waals surface area contributed by atoms with Gasteiger partial charge >= 0.3 is 0 Å². The molecule has 0 unspecified atom stereocenters. The van der Waals surface area contributed by atoms with Crippen molar-refractivity contribution in [1.82, 2.24) is 5.32 Å². The standard InChI is InChI=1S/C14H20N2O/c1-14(2)10-11-4-3-5-12(13(11)17-14)16-8-6-15-7-9-16/h3-5,15H,6-10H2,1-2H3. The molecule has 0 amide bonds. The van der Waals surface area contributed by atoms with Gasteiger partial charge in [-0.15, -0.1) is 0 Å². The third kappa shape index (κ3) is 2.00. The third-order valence-electron chi connectivity index (χ3n) is 3.53. The van der Waals surface area contributed by atoms with E-state index in [1.165, 1.54) is 11.3 Å². The molecule has 0 aliphatic carbocycles. The summed E-state index contributed by atoms with van der Waals surface area (Å²) in [6.07, 6.45) is 1.02. The number of ether oxygens (including phenoxy) is 1. The van der Waals surface area contributed by atoms with Gasteiger partial charge in [0.1, 0.15) is 11.4 Å². The lowest BCUT2D eigenvalue weighted by Crippen LogP contribution is -2.43. The molecule has 1 aromatic carbocycles. The largest absolute Gasteiger partial charge is 0.485 e. The Balaban J connectivity index is 1.94. The number of nitrogens with one attached hydrogen (secondary N) is 1. The number of anilines is 1. The first-order valence-corrected chi connectivity index (χ1v) is 6.42. The Hall–Kier alpha value is -1.22. The van der Waals surface area contributed by atoms with Crippen molar-refractivity contribution in [1.29, 1.82) is 0 Å². The Kier molecular flexibility index (Phi) is 2.51. The molecule has 3 rings (SSSR count). The molecule has 92 valence electrons. The fraction of sp³-hybridized carbons (Fsp3) is 0.571. The highest BCUT2D eigenvalue weighted by atomic mass is 16.5. The number of rotatable bonds is 1. The van der Waals surface area contributed by atoms with Gasteiger partial charge in [-0.1, -0.05) is 12.1 Å². The molecule has 17 heavy (non-hydrogen) atoms. The van der Waals surface area contributed by atoms with Crippen LogP contribution in [-0.4, -0.2) is 31.8 Å². The van der Waals surface area contributed by atoms with E-state index in [9.17, 15) is 0 Å². The summed E-state index contributed by atoms with van der Waals surface area (Å²) in [5.74, 6) is 1.11. The van der Waals surface area contributed by atoms with E-state index in [2.05, 4.69) is 42.3 Å². The second kappa shape index (κ2) is 3.91. The number of hydrogen-bond donors (Lipinski definition) is 1. The van der Waals surface area contributed by atoms with Gasteiger partial charge in [0, 0.05) is 38.2 Å². The van der Waals surface area contributed by atoms with Gasteiger partial charge in [0.15, 0.2) is 0 Å². The fourth-order valence-electron chi connectivity index (χ4n) is 2.75. The van der Waals surface area contributed by atoms with Crippen molar-refractivity contribution in [3.05, 3.63) is 23.8 Å². The first-order valence-electron chi connectivity index (χ1n) is 6.42. The number of piperazine rings is 1. The van der Waals surface area contributed by atoms with Gasteiger partial charge in [-0.05, 0) is 19.9 Å². The lowest BCUT2D eigenvalue weighted by atomic mass is 10.0. The fourth-order valence-corrected chi connectivity index (χ4v) is 2.75. The van der Waals surface area contributed by atoms with Crippen LogP contribution < -0.4 is 15.0 Å². The van der Waals surface area contributed by atoms with Crippen LogP contribution in [0.15, 0.2) is 18.2 Å². The lowest BCUT2D eigenvalue weighted by molar-refractivity contribution is 0.139. The Bertz CT molecular complexity index is 422. The summed E-state index contributed by atoms with van der Waals surface area (Å²) in [6, 6.07) is 6.53. The van der Waals surface area contributed by atoms with Gasteiger partial charge in [-0.2, -0.15) is 0 Å². The van der Waals surface area contributed by atoms with Crippen molar-refractivity contribution < 1.29 is 4.74 Å². The van der Waals surface area contributed by atoms with Crippen molar-refractivity contribution in [2.24, 2.45) is 0 Å². The number of para-hydroxylation sites is 1. The third-order valence-corrected chi connectivity index (χ3v) is 3.53. The van der Waals surface area contributed by atoms with Crippen LogP contribution in [0.3, 0.4) is 0 Å². The molecule has 2 aliphatic rings. The van der Waals surface area contributed by atoms with Crippen LogP contribution in [0.5, 0.6) is 5.75 Å². The molecule has 2 heterocycles. The Morgan fingerprint density at radius 3 is 2.76 bits per heavy atom. The van der Waals surface area contributed by atoms with Gasteiger partial charge < -0.3 is 15.0 Å². The van der Waals surface area contributed by atoms with Crippen LogP contribution in [0.25, 0.3) is 0 Å². The summed E-state index contributed by atoms with van der Waals surface area (Å²) in [6.45, 7) is 8.59. The van der Waals surface area contributed by atoms with Crippen molar-refractivity contribution in [3.8, 4) is 5.75 Å². The minimum Gasteiger partial charge on any atom is -0.485 e. The smallest absolute Gasteiger partial charge is 0.146 e. The monoisotopic (exact) mass is 232 g/mol. The zero-order valence-corrected chi connectivity index (χ0v) is 10.6. The minimum absolute atomic E-state index is 0.0491. The average Bonchev–Trinajstić information content (AvgIpc) is 2.63. The molecule has 0 bridgehead atoms. The molecule has 1 aromatic rings. The van der Waals surface area contributed by atoms with E-state index in [1.54, 1.807) is 0 Å². The maximum atomic E-state index is 6.12. The summed E-state index contributed by atoms with van der Waals surface area (Å²) in [5.41, 5.74) is 2.58. The predicted molar refractivity (Wildman–Crippen MR) is 69.9 cm³/mol. The Morgan fingerprint density at radius 2 is 2.00 bits per heavy atom. The van der Waals surface area contributed by atoms with Crippen molar-refractivity contribution in [2.45, 2.75) is 25.9 Å². The van der Waals surface area contributed by atoms with E-state index in [4.69, 9.17) is 4.74 Å². The van der Waals surface area contributed by atoms with Gasteiger partial charge in [0.2, 0.25) is 0 Å². The van der Waals surface area contributed by atoms with E-state index in [0.717, 1.165) is 38.3 Å². The number of hydrogen-bond acceptors (Lipinski definition) is 3. The molecule has 0 atom stereocenters. The van der Waals surface area contributed by atoms with E-state index >= 15 is 0 Å². The molecule has 3 nitrogen and oxygen atoms in total. The van der Waals surface area contributed by atoms with Crippen LogP contribution in [0, 0.1) is 0 Å². The van der Waals surface area contributed by atoms with E-state index in [-0.39, 0.29) is 5.60 Å². The first kappa shape index (κ1) is 10.9. The Labute approximate surface area is 103 Å². The van der Waals surface area contributed by atoms with E-state index in [1.807, 2.05) is 0 Å². The van der Waals surface area contributed by atoms with Crippen LogP contribution in [0.1, 0.15) is 19.4 Å². The summed E-state index contributed by atoms with van der Waals surface area (Å²) in [5, 5.41) is 3.39. The lowest BCUT2D eigenvalue weighted by Gasteiger charge is -2.31. The topological polar surface area (TPSA) is 24.5 Å². The summed E-state index contributed by atoms with van der Waals surface area (Å²) >= 11 is 0. The van der Waals surface area contributed by atoms with Crippen LogP contribution in [-0.2, 0) is 6.42 Å². The van der Waals surface area contributed by atoms with Crippen LogP contribution >= 0.6 is 0 Å². The summed E-state index contributed by atoms with van der Waals surface area (Å²) in [4.78, 5) is 2.43. The van der Waals surface area contributed by atoms with Gasteiger partial charge in [-0.25, -0.2) is 0 Å². The van der Waals surface area contributed by atoms with Crippen LogP contribution in [0.4, 0.5) is 5.69 Å². The highest BCUT2D eigenvalue weighted by Crippen LogP contribution is 2.42. The normalized spacial score (nSPS) is 22.1. The number of benzene rings is 1. The van der Waals surface area contributed by atoms with Crippen molar-refractivity contribution in [3.63, 3.8) is 0 Å². The molecular weight excluding hydrogens is 212 g/mol. The molecule has 0 spiro atoms. The quantitative estimate of drug-likeness (QED) is 0.799. The van der Waals surface area contributed by atoms with Gasteiger partial charge in [0.25, 0.3) is 0 Å². The zero-order valence-electron chi connectivity index (χ0n) is 10.6. The second-order valence-electron chi connectivity index (χ2n) is 5.54. The molecule has 0 radical (unpaired) electrons. The zero-order chi connectivity index (χ0) is 11.9. The van der Waals surface area contributed by atoms with Gasteiger partial charge in [0.05, 0.1) is 5.69 Å².